The minimum atomic E-state index is -4.61. The minimum Gasteiger partial charge on any atom is -0.486 e. The molecule has 4 rings (SSSR count). The van der Waals surface area contributed by atoms with Gasteiger partial charge in [-0.15, -0.1) is 0 Å². The normalized spacial score (nSPS) is 16.0. The van der Waals surface area contributed by atoms with E-state index in [4.69, 9.17) is 14.2 Å². The lowest BCUT2D eigenvalue weighted by molar-refractivity contribution is -0.149. The summed E-state index contributed by atoms with van der Waals surface area (Å²) >= 11 is 0. The molecule has 2 heterocycles. The first kappa shape index (κ1) is 23.1. The van der Waals surface area contributed by atoms with Gasteiger partial charge in [-0.25, -0.2) is 4.79 Å². The first-order valence-corrected chi connectivity index (χ1v) is 10.2. The zero-order valence-corrected chi connectivity index (χ0v) is 17.8. The SMILES string of the molecule is CC(OC(=O)/C=C/c1ccc2c(c1)OCCO2)C(=O)N1CC(=O)Nc2cc(C(F)(F)F)ccc21. The first-order valence-electron chi connectivity index (χ1n) is 10.2. The van der Waals surface area contributed by atoms with E-state index in [-0.39, 0.29) is 11.4 Å². The zero-order chi connectivity index (χ0) is 24.5. The molecule has 1 unspecified atom stereocenters. The Morgan fingerprint density at radius 1 is 1.12 bits per heavy atom. The standard InChI is InChI=1S/C23H19F3N2O6/c1-13(34-21(30)7-3-14-2-6-18-19(10-14)33-9-8-32-18)22(31)28-12-20(29)27-16-11-15(23(24,25)26)4-5-17(16)28/h2-7,10-11,13H,8-9,12H2,1H3,(H,27,29)/b7-3+. The van der Waals surface area contributed by atoms with Crippen molar-refractivity contribution in [3.63, 3.8) is 0 Å². The van der Waals surface area contributed by atoms with Gasteiger partial charge in [-0.2, -0.15) is 13.2 Å². The number of hydrogen-bond acceptors (Lipinski definition) is 6. The summed E-state index contributed by atoms with van der Waals surface area (Å²) in [5.74, 6) is -1.10. The number of halogens is 3. The monoisotopic (exact) mass is 476 g/mol. The minimum absolute atomic E-state index is 0.0762. The third-order valence-corrected chi connectivity index (χ3v) is 5.08. The molecule has 8 nitrogen and oxygen atoms in total. The van der Waals surface area contributed by atoms with E-state index < -0.39 is 42.2 Å². The van der Waals surface area contributed by atoms with Crippen molar-refractivity contribution < 1.29 is 41.8 Å². The first-order chi connectivity index (χ1) is 16.1. The van der Waals surface area contributed by atoms with Gasteiger partial charge in [0.2, 0.25) is 5.91 Å². The molecule has 2 aromatic rings. The van der Waals surface area contributed by atoms with Gasteiger partial charge in [0.05, 0.1) is 16.9 Å². The molecule has 2 aliphatic rings. The number of esters is 1. The lowest BCUT2D eigenvalue weighted by atomic mass is 10.1. The van der Waals surface area contributed by atoms with Gasteiger partial charge < -0.3 is 19.5 Å². The van der Waals surface area contributed by atoms with Gasteiger partial charge in [-0.3, -0.25) is 14.5 Å². The van der Waals surface area contributed by atoms with Crippen molar-refractivity contribution in [1.82, 2.24) is 0 Å². The van der Waals surface area contributed by atoms with Crippen LogP contribution in [0.15, 0.2) is 42.5 Å². The van der Waals surface area contributed by atoms with Crippen LogP contribution in [-0.2, 0) is 25.3 Å². The third kappa shape index (κ3) is 4.98. The summed E-state index contributed by atoms with van der Waals surface area (Å²) < 4.78 is 55.0. The Hall–Kier alpha value is -4.02. The van der Waals surface area contributed by atoms with Gasteiger partial charge in [0.25, 0.3) is 5.91 Å². The summed E-state index contributed by atoms with van der Waals surface area (Å²) in [6, 6.07) is 7.75. The number of carbonyl (C=O) groups is 3. The fourth-order valence-electron chi connectivity index (χ4n) is 3.47. The second-order valence-electron chi connectivity index (χ2n) is 7.52. The number of fused-ring (bicyclic) bond motifs is 2. The van der Waals surface area contributed by atoms with E-state index in [1.807, 2.05) is 0 Å². The molecule has 0 fully saturated rings. The Labute approximate surface area is 191 Å². The van der Waals surface area contributed by atoms with Crippen LogP contribution in [-0.4, -0.2) is 43.6 Å². The molecule has 0 saturated heterocycles. The number of benzene rings is 2. The van der Waals surface area contributed by atoms with Gasteiger partial charge >= 0.3 is 12.1 Å². The number of amides is 2. The Bertz CT molecular complexity index is 1180. The molecule has 0 aliphatic carbocycles. The number of nitrogens with zero attached hydrogens (tertiary/aromatic N) is 1. The van der Waals surface area contributed by atoms with Crippen LogP contribution in [0.25, 0.3) is 6.08 Å². The van der Waals surface area contributed by atoms with Gasteiger partial charge in [-0.1, -0.05) is 6.07 Å². The summed E-state index contributed by atoms with van der Waals surface area (Å²) in [5.41, 5.74) is -0.407. The van der Waals surface area contributed by atoms with E-state index in [0.717, 1.165) is 29.2 Å². The number of hydrogen-bond donors (Lipinski definition) is 1. The molecule has 34 heavy (non-hydrogen) atoms. The topological polar surface area (TPSA) is 94.2 Å². The number of ether oxygens (including phenoxy) is 3. The number of rotatable bonds is 4. The fraction of sp³-hybridized carbons (Fsp3) is 0.261. The van der Waals surface area contributed by atoms with Crippen LogP contribution in [0.5, 0.6) is 11.5 Å². The van der Waals surface area contributed by atoms with E-state index in [1.165, 1.54) is 13.0 Å². The molecule has 2 aliphatic heterocycles. The summed E-state index contributed by atoms with van der Waals surface area (Å²) in [4.78, 5) is 38.0. The molecule has 0 aromatic heterocycles. The van der Waals surface area contributed by atoms with Crippen molar-refractivity contribution in [2.24, 2.45) is 0 Å². The van der Waals surface area contributed by atoms with Crippen LogP contribution < -0.4 is 19.7 Å². The number of nitrogens with one attached hydrogen (secondary N) is 1. The Morgan fingerprint density at radius 3 is 2.59 bits per heavy atom. The maximum absolute atomic E-state index is 13.0. The van der Waals surface area contributed by atoms with Crippen molar-refractivity contribution in [2.45, 2.75) is 19.2 Å². The molecule has 178 valence electrons. The van der Waals surface area contributed by atoms with E-state index in [1.54, 1.807) is 18.2 Å². The molecule has 0 saturated carbocycles. The average molecular weight is 476 g/mol. The summed E-state index contributed by atoms with van der Waals surface area (Å²) in [5, 5.41) is 2.33. The van der Waals surface area contributed by atoms with Crippen molar-refractivity contribution >= 4 is 35.2 Å². The van der Waals surface area contributed by atoms with Crippen LogP contribution in [0.4, 0.5) is 24.5 Å². The summed E-state index contributed by atoms with van der Waals surface area (Å²) in [7, 11) is 0. The van der Waals surface area contributed by atoms with Crippen molar-refractivity contribution in [2.75, 3.05) is 30.0 Å². The molecule has 0 bridgehead atoms. The highest BCUT2D eigenvalue weighted by Gasteiger charge is 2.35. The second-order valence-corrected chi connectivity index (χ2v) is 7.52. The molecule has 0 radical (unpaired) electrons. The fourth-order valence-corrected chi connectivity index (χ4v) is 3.47. The predicted molar refractivity (Wildman–Crippen MR) is 114 cm³/mol. The van der Waals surface area contributed by atoms with Gasteiger partial charge in [0.1, 0.15) is 19.8 Å². The molecular formula is C23H19F3N2O6. The van der Waals surface area contributed by atoms with Crippen molar-refractivity contribution in [3.05, 3.63) is 53.6 Å². The molecule has 0 spiro atoms. The van der Waals surface area contributed by atoms with Crippen LogP contribution in [0.3, 0.4) is 0 Å². The predicted octanol–water partition coefficient (Wildman–Crippen LogP) is 3.41. The van der Waals surface area contributed by atoms with E-state index in [2.05, 4.69) is 5.32 Å². The molecule has 2 amide bonds. The van der Waals surface area contributed by atoms with Crippen molar-refractivity contribution in [3.8, 4) is 11.5 Å². The van der Waals surface area contributed by atoms with Gasteiger partial charge in [0.15, 0.2) is 17.6 Å². The molecule has 1 N–H and O–H groups in total. The lowest BCUT2D eigenvalue weighted by Gasteiger charge is -2.31. The third-order valence-electron chi connectivity index (χ3n) is 5.08. The number of anilines is 2. The van der Waals surface area contributed by atoms with Crippen LogP contribution in [0.2, 0.25) is 0 Å². The maximum Gasteiger partial charge on any atom is 0.416 e. The highest BCUT2D eigenvalue weighted by Crippen LogP contribution is 2.37. The number of alkyl halides is 3. The van der Waals surface area contributed by atoms with Crippen LogP contribution >= 0.6 is 0 Å². The molecule has 11 heteroatoms. The average Bonchev–Trinajstić information content (AvgIpc) is 2.80. The summed E-state index contributed by atoms with van der Waals surface area (Å²) in [6.07, 6.45) is -3.31. The summed E-state index contributed by atoms with van der Waals surface area (Å²) in [6.45, 7) is 1.75. The zero-order valence-electron chi connectivity index (χ0n) is 17.8. The van der Waals surface area contributed by atoms with Crippen molar-refractivity contribution in [1.29, 1.82) is 0 Å². The van der Waals surface area contributed by atoms with Crippen LogP contribution in [0.1, 0.15) is 18.1 Å². The molecular weight excluding hydrogens is 457 g/mol. The quantitative estimate of drug-likeness (QED) is 0.537. The Kier molecular flexibility index (Phi) is 6.18. The Balaban J connectivity index is 1.44. The van der Waals surface area contributed by atoms with E-state index >= 15 is 0 Å². The van der Waals surface area contributed by atoms with E-state index in [9.17, 15) is 27.6 Å². The van der Waals surface area contributed by atoms with Gasteiger partial charge in [-0.05, 0) is 48.9 Å². The highest BCUT2D eigenvalue weighted by atomic mass is 19.4. The van der Waals surface area contributed by atoms with E-state index in [0.29, 0.717) is 30.3 Å². The second kappa shape index (κ2) is 9.08. The van der Waals surface area contributed by atoms with Crippen LogP contribution in [0, 0.1) is 0 Å². The smallest absolute Gasteiger partial charge is 0.416 e. The highest BCUT2D eigenvalue weighted by molar-refractivity contribution is 6.11. The molecule has 2 aromatic carbocycles. The number of carbonyl (C=O) groups excluding carboxylic acids is 3. The largest absolute Gasteiger partial charge is 0.486 e. The molecule has 1 atom stereocenters. The maximum atomic E-state index is 13.0. The Morgan fingerprint density at radius 2 is 1.85 bits per heavy atom. The van der Waals surface area contributed by atoms with Gasteiger partial charge in [0, 0.05) is 6.08 Å². The lowest BCUT2D eigenvalue weighted by Crippen LogP contribution is -2.47.